The van der Waals surface area contributed by atoms with Gasteiger partial charge in [-0.25, -0.2) is 8.42 Å². The van der Waals surface area contributed by atoms with Crippen molar-refractivity contribution in [1.82, 2.24) is 4.90 Å². The molecule has 0 aliphatic carbocycles. The van der Waals surface area contributed by atoms with Gasteiger partial charge in [0, 0.05) is 38.0 Å². The molecule has 1 aromatic carbocycles. The predicted octanol–water partition coefficient (Wildman–Crippen LogP) is 1.12. The first-order valence-electron chi connectivity index (χ1n) is 6.17. The molecule has 1 heterocycles. The summed E-state index contributed by atoms with van der Waals surface area (Å²) in [6.45, 7) is 0.673. The number of hydrogen-bond acceptors (Lipinski definition) is 4. The van der Waals surface area contributed by atoms with Gasteiger partial charge in [-0.05, 0) is 30.7 Å². The lowest BCUT2D eigenvalue weighted by Crippen LogP contribution is -2.43. The number of rotatable bonds is 3. The number of likely N-dealkylation sites (N-methyl/N-ethyl adjacent to an activating group) is 1. The van der Waals surface area contributed by atoms with E-state index in [0.717, 1.165) is 12.1 Å². The van der Waals surface area contributed by atoms with Crippen LogP contribution in [0.15, 0.2) is 29.2 Å². The van der Waals surface area contributed by atoms with Crippen LogP contribution in [0.2, 0.25) is 0 Å². The van der Waals surface area contributed by atoms with Gasteiger partial charge in [-0.3, -0.25) is 4.79 Å². The van der Waals surface area contributed by atoms with E-state index in [1.807, 2.05) is 0 Å². The normalized spacial score (nSPS) is 20.4. The molecule has 1 amide bonds. The zero-order chi connectivity index (χ0) is 14.0. The first-order valence-corrected chi connectivity index (χ1v) is 8.06. The van der Waals surface area contributed by atoms with Crippen molar-refractivity contribution in [2.75, 3.05) is 25.2 Å². The van der Waals surface area contributed by atoms with Crippen molar-refractivity contribution in [1.29, 1.82) is 0 Å². The minimum atomic E-state index is -3.15. The monoisotopic (exact) mass is 282 g/mol. The molecule has 104 valence electrons. The third kappa shape index (κ3) is 3.47. The summed E-state index contributed by atoms with van der Waals surface area (Å²) in [6, 6.07) is 6.91. The summed E-state index contributed by atoms with van der Waals surface area (Å²) in [5.41, 5.74) is 0.875. The van der Waals surface area contributed by atoms with Crippen LogP contribution in [0.1, 0.15) is 12.8 Å². The van der Waals surface area contributed by atoms with Gasteiger partial charge in [-0.1, -0.05) is 0 Å². The van der Waals surface area contributed by atoms with Crippen molar-refractivity contribution < 1.29 is 13.2 Å². The van der Waals surface area contributed by atoms with E-state index in [1.165, 1.54) is 6.26 Å². The fraction of sp³-hybridized carbons (Fsp3) is 0.462. The summed E-state index contributed by atoms with van der Waals surface area (Å²) in [6.07, 6.45) is 2.55. The minimum absolute atomic E-state index is 0.172. The minimum Gasteiger partial charge on any atom is -0.381 e. The predicted molar refractivity (Wildman–Crippen MR) is 73.8 cm³/mol. The highest BCUT2D eigenvalue weighted by Crippen LogP contribution is 2.18. The van der Waals surface area contributed by atoms with Gasteiger partial charge in [0.1, 0.15) is 0 Å². The molecule has 1 unspecified atom stereocenters. The number of likely N-dealkylation sites (tertiary alicyclic amines) is 1. The lowest BCUT2D eigenvalue weighted by atomic mass is 10.1. The van der Waals surface area contributed by atoms with Crippen LogP contribution >= 0.6 is 0 Å². The Bertz CT molecular complexity index is 566. The van der Waals surface area contributed by atoms with Gasteiger partial charge >= 0.3 is 0 Å². The number of nitrogens with zero attached hydrogens (tertiary/aromatic N) is 1. The van der Waals surface area contributed by atoms with Crippen LogP contribution in [0.3, 0.4) is 0 Å². The van der Waals surface area contributed by atoms with E-state index in [0.29, 0.717) is 17.9 Å². The molecule has 0 spiro atoms. The Labute approximate surface area is 113 Å². The fourth-order valence-electron chi connectivity index (χ4n) is 2.16. The second kappa shape index (κ2) is 5.21. The van der Waals surface area contributed by atoms with Crippen molar-refractivity contribution >= 4 is 21.4 Å². The van der Waals surface area contributed by atoms with Crippen molar-refractivity contribution in [2.45, 2.75) is 23.8 Å². The number of nitrogens with one attached hydrogen (secondary N) is 1. The number of hydrogen-bond donors (Lipinski definition) is 1. The Morgan fingerprint density at radius 2 is 1.89 bits per heavy atom. The second-order valence-electron chi connectivity index (χ2n) is 4.95. The summed E-state index contributed by atoms with van der Waals surface area (Å²) >= 11 is 0. The fourth-order valence-corrected chi connectivity index (χ4v) is 2.79. The van der Waals surface area contributed by atoms with E-state index in [9.17, 15) is 13.2 Å². The van der Waals surface area contributed by atoms with E-state index in [1.54, 1.807) is 36.2 Å². The van der Waals surface area contributed by atoms with Crippen LogP contribution in [-0.4, -0.2) is 45.1 Å². The molecule has 0 saturated carbocycles. The molecule has 1 saturated heterocycles. The van der Waals surface area contributed by atoms with Gasteiger partial charge in [0.25, 0.3) is 0 Å². The molecule has 0 bridgehead atoms. The van der Waals surface area contributed by atoms with Gasteiger partial charge in [0.2, 0.25) is 5.91 Å². The molecule has 6 heteroatoms. The molecule has 1 aromatic rings. The summed E-state index contributed by atoms with van der Waals surface area (Å²) in [5.74, 6) is 0.172. The Morgan fingerprint density at radius 1 is 1.26 bits per heavy atom. The van der Waals surface area contributed by atoms with Crippen molar-refractivity contribution in [3.8, 4) is 0 Å². The van der Waals surface area contributed by atoms with Crippen molar-refractivity contribution in [3.05, 3.63) is 24.3 Å². The first kappa shape index (κ1) is 13.9. The zero-order valence-electron chi connectivity index (χ0n) is 11.1. The standard InChI is InChI=1S/C13H18N2O3S/c1-15-9-11(5-8-13(15)16)14-10-3-6-12(7-4-10)19(2,17)18/h3-4,6-7,11,14H,5,8-9H2,1-2H3. The molecule has 2 rings (SSSR count). The largest absolute Gasteiger partial charge is 0.381 e. The Hall–Kier alpha value is -1.56. The van der Waals surface area contributed by atoms with Gasteiger partial charge in [0.05, 0.1) is 4.90 Å². The van der Waals surface area contributed by atoms with E-state index >= 15 is 0 Å². The van der Waals surface area contributed by atoms with Crippen LogP contribution in [-0.2, 0) is 14.6 Å². The quantitative estimate of drug-likeness (QED) is 0.902. The van der Waals surface area contributed by atoms with Crippen molar-refractivity contribution in [2.24, 2.45) is 0 Å². The molecule has 1 atom stereocenters. The molecule has 1 aliphatic heterocycles. The van der Waals surface area contributed by atoms with Gasteiger partial charge in [0.15, 0.2) is 9.84 Å². The summed E-state index contributed by atoms with van der Waals surface area (Å²) in [4.78, 5) is 13.4. The van der Waals surface area contributed by atoms with E-state index in [-0.39, 0.29) is 11.9 Å². The molecule has 0 aromatic heterocycles. The van der Waals surface area contributed by atoms with E-state index in [2.05, 4.69) is 5.32 Å². The number of piperidine rings is 1. The second-order valence-corrected chi connectivity index (χ2v) is 6.97. The van der Waals surface area contributed by atoms with Crippen molar-refractivity contribution in [3.63, 3.8) is 0 Å². The van der Waals surface area contributed by atoms with Gasteiger partial charge in [-0.15, -0.1) is 0 Å². The van der Waals surface area contributed by atoms with Crippen LogP contribution in [0.25, 0.3) is 0 Å². The molecule has 5 nitrogen and oxygen atoms in total. The molecular weight excluding hydrogens is 264 g/mol. The zero-order valence-corrected chi connectivity index (χ0v) is 11.9. The summed E-state index contributed by atoms with van der Waals surface area (Å²) < 4.78 is 22.7. The Balaban J connectivity index is 2.02. The number of sulfone groups is 1. The van der Waals surface area contributed by atoms with Gasteiger partial charge in [-0.2, -0.15) is 0 Å². The number of anilines is 1. The van der Waals surface area contributed by atoms with Crippen LogP contribution in [0.4, 0.5) is 5.69 Å². The van der Waals surface area contributed by atoms with Crippen LogP contribution in [0.5, 0.6) is 0 Å². The highest BCUT2D eigenvalue weighted by atomic mass is 32.2. The topological polar surface area (TPSA) is 66.5 Å². The Kier molecular flexibility index (Phi) is 3.80. The van der Waals surface area contributed by atoms with E-state index in [4.69, 9.17) is 0 Å². The van der Waals surface area contributed by atoms with Gasteiger partial charge < -0.3 is 10.2 Å². The Morgan fingerprint density at radius 3 is 2.42 bits per heavy atom. The first-order chi connectivity index (χ1) is 8.86. The molecule has 1 N–H and O–H groups in total. The molecular formula is C13H18N2O3S. The third-order valence-corrected chi connectivity index (χ3v) is 4.41. The SMILES string of the molecule is CN1CC(Nc2ccc(S(C)(=O)=O)cc2)CCC1=O. The lowest BCUT2D eigenvalue weighted by Gasteiger charge is -2.30. The maximum atomic E-state index is 11.4. The smallest absolute Gasteiger partial charge is 0.222 e. The summed E-state index contributed by atoms with van der Waals surface area (Å²) in [7, 11) is -1.35. The maximum Gasteiger partial charge on any atom is 0.222 e. The molecule has 19 heavy (non-hydrogen) atoms. The average Bonchev–Trinajstić information content (AvgIpc) is 2.33. The highest BCUT2D eigenvalue weighted by molar-refractivity contribution is 7.90. The maximum absolute atomic E-state index is 11.4. The third-order valence-electron chi connectivity index (χ3n) is 3.28. The average molecular weight is 282 g/mol. The number of carbonyl (C=O) groups excluding carboxylic acids is 1. The molecule has 1 aliphatic rings. The number of carbonyl (C=O) groups is 1. The molecule has 1 fully saturated rings. The van der Waals surface area contributed by atoms with E-state index < -0.39 is 9.84 Å². The number of amides is 1. The lowest BCUT2D eigenvalue weighted by molar-refractivity contribution is -0.132. The van der Waals surface area contributed by atoms with Crippen LogP contribution < -0.4 is 5.32 Å². The molecule has 0 radical (unpaired) electrons. The van der Waals surface area contributed by atoms with Crippen LogP contribution in [0, 0.1) is 0 Å². The highest BCUT2D eigenvalue weighted by Gasteiger charge is 2.22. The number of benzene rings is 1. The summed E-state index contributed by atoms with van der Waals surface area (Å²) in [5, 5.41) is 3.32.